The van der Waals surface area contributed by atoms with Gasteiger partial charge in [0.1, 0.15) is 0 Å². The second kappa shape index (κ2) is 8.59. The molecule has 0 fully saturated rings. The molecular weight excluding hydrogens is 412 g/mol. The van der Waals surface area contributed by atoms with Gasteiger partial charge in [-0.3, -0.25) is 14.6 Å². The van der Waals surface area contributed by atoms with Gasteiger partial charge in [0.25, 0.3) is 11.8 Å². The number of nitrogens with one attached hydrogen (secondary N) is 1. The zero-order valence-electron chi connectivity index (χ0n) is 17.9. The number of benzene rings is 3. The summed E-state index contributed by atoms with van der Waals surface area (Å²) in [5.41, 5.74) is 12.3. The minimum Gasteiger partial charge on any atom is -0.397 e. The smallest absolute Gasteiger partial charge is 0.255 e. The quantitative estimate of drug-likeness (QED) is 0.444. The van der Waals surface area contributed by atoms with E-state index in [1.807, 2.05) is 59.6 Å². The average molecular weight is 434 g/mol. The predicted octanol–water partition coefficient (Wildman–Crippen LogP) is 4.74. The maximum absolute atomic E-state index is 12.9. The number of nitrogens with zero attached hydrogens (tertiary/aromatic N) is 2. The Morgan fingerprint density at radius 1 is 0.970 bits per heavy atom. The summed E-state index contributed by atoms with van der Waals surface area (Å²) in [4.78, 5) is 31.4. The number of rotatable bonds is 5. The van der Waals surface area contributed by atoms with E-state index >= 15 is 0 Å². The van der Waals surface area contributed by atoms with Crippen LogP contribution in [0.3, 0.4) is 0 Å². The van der Waals surface area contributed by atoms with Crippen LogP contribution in [0.4, 0.5) is 11.4 Å². The highest BCUT2D eigenvalue weighted by atomic mass is 16.2. The van der Waals surface area contributed by atoms with Crippen LogP contribution in [0.25, 0.3) is 11.1 Å². The maximum Gasteiger partial charge on any atom is 0.255 e. The van der Waals surface area contributed by atoms with Gasteiger partial charge in [-0.15, -0.1) is 0 Å². The fourth-order valence-corrected chi connectivity index (χ4v) is 4.01. The topological polar surface area (TPSA) is 88.3 Å². The second-order valence-corrected chi connectivity index (χ2v) is 8.01. The summed E-state index contributed by atoms with van der Waals surface area (Å²) in [6, 6.07) is 24.2. The molecule has 0 spiro atoms. The number of carbonyl (C=O) groups is 2. The Hall–Kier alpha value is -4.45. The number of amides is 2. The van der Waals surface area contributed by atoms with Gasteiger partial charge in [-0.1, -0.05) is 36.4 Å². The molecule has 5 rings (SSSR count). The van der Waals surface area contributed by atoms with Crippen LogP contribution in [0, 0.1) is 0 Å². The van der Waals surface area contributed by atoms with Gasteiger partial charge in [-0.25, -0.2) is 0 Å². The fourth-order valence-electron chi connectivity index (χ4n) is 4.01. The lowest BCUT2D eigenvalue weighted by molar-refractivity contribution is 0.0766. The van der Waals surface area contributed by atoms with Gasteiger partial charge in [0, 0.05) is 36.6 Å². The first-order chi connectivity index (χ1) is 16.1. The second-order valence-electron chi connectivity index (χ2n) is 8.01. The average Bonchev–Trinajstić information content (AvgIpc) is 3.16. The van der Waals surface area contributed by atoms with Crippen LogP contribution in [0.2, 0.25) is 0 Å². The summed E-state index contributed by atoms with van der Waals surface area (Å²) >= 11 is 0. The van der Waals surface area contributed by atoms with Crippen molar-refractivity contribution in [3.8, 4) is 11.1 Å². The van der Waals surface area contributed by atoms with E-state index in [0.29, 0.717) is 30.0 Å². The summed E-state index contributed by atoms with van der Waals surface area (Å²) in [6.45, 7) is 1.03. The molecule has 162 valence electrons. The van der Waals surface area contributed by atoms with Crippen LogP contribution in [0.5, 0.6) is 0 Å². The number of aromatic nitrogens is 1. The number of para-hydroxylation sites is 2. The molecule has 1 aliphatic rings. The van der Waals surface area contributed by atoms with Crippen LogP contribution in [-0.2, 0) is 13.1 Å². The van der Waals surface area contributed by atoms with Crippen molar-refractivity contribution in [2.45, 2.75) is 13.1 Å². The van der Waals surface area contributed by atoms with Crippen molar-refractivity contribution in [2.24, 2.45) is 0 Å². The van der Waals surface area contributed by atoms with Gasteiger partial charge in [0.15, 0.2) is 0 Å². The van der Waals surface area contributed by atoms with Crippen molar-refractivity contribution < 1.29 is 9.59 Å². The Labute approximate surface area is 191 Å². The van der Waals surface area contributed by atoms with E-state index in [2.05, 4.69) is 16.4 Å². The SMILES string of the molecule is Nc1ccccc1NC(=O)c1ccc(CN2Cc3cc(-c4cccnc4)ccc3C2=O)cc1. The van der Waals surface area contributed by atoms with Crippen molar-refractivity contribution >= 4 is 23.2 Å². The Morgan fingerprint density at radius 2 is 1.79 bits per heavy atom. The third-order valence-corrected chi connectivity index (χ3v) is 5.78. The molecule has 0 unspecified atom stereocenters. The number of hydrogen-bond donors (Lipinski definition) is 2. The molecule has 0 bridgehead atoms. The maximum atomic E-state index is 12.9. The monoisotopic (exact) mass is 434 g/mol. The molecular formula is C27H22N4O2. The largest absolute Gasteiger partial charge is 0.397 e. The number of nitrogen functional groups attached to an aromatic ring is 1. The van der Waals surface area contributed by atoms with Crippen LogP contribution in [0.1, 0.15) is 31.8 Å². The Bertz CT molecular complexity index is 1330. The molecule has 0 atom stereocenters. The van der Waals surface area contributed by atoms with Gasteiger partial charge in [0.2, 0.25) is 0 Å². The van der Waals surface area contributed by atoms with Gasteiger partial charge in [-0.05, 0) is 64.7 Å². The minimum atomic E-state index is -0.230. The molecule has 1 aromatic heterocycles. The summed E-state index contributed by atoms with van der Waals surface area (Å²) in [5.74, 6) is -0.212. The summed E-state index contributed by atoms with van der Waals surface area (Å²) in [5, 5.41) is 2.82. The summed E-state index contributed by atoms with van der Waals surface area (Å²) in [7, 11) is 0. The lowest BCUT2D eigenvalue weighted by atomic mass is 10.0. The molecule has 0 saturated heterocycles. The number of fused-ring (bicyclic) bond motifs is 1. The Kier molecular flexibility index (Phi) is 5.32. The van der Waals surface area contributed by atoms with Crippen molar-refractivity contribution in [2.75, 3.05) is 11.1 Å². The van der Waals surface area contributed by atoms with Gasteiger partial charge in [0.05, 0.1) is 11.4 Å². The minimum absolute atomic E-state index is 0.0177. The zero-order chi connectivity index (χ0) is 22.8. The lowest BCUT2D eigenvalue weighted by Gasteiger charge is -2.16. The van der Waals surface area contributed by atoms with Crippen LogP contribution < -0.4 is 11.1 Å². The van der Waals surface area contributed by atoms with Gasteiger partial charge >= 0.3 is 0 Å². The van der Waals surface area contributed by atoms with Crippen molar-refractivity contribution in [3.05, 3.63) is 114 Å². The molecule has 4 aromatic rings. The zero-order valence-corrected chi connectivity index (χ0v) is 17.9. The van der Waals surface area contributed by atoms with Crippen LogP contribution >= 0.6 is 0 Å². The third-order valence-electron chi connectivity index (χ3n) is 5.78. The molecule has 6 heteroatoms. The lowest BCUT2D eigenvalue weighted by Crippen LogP contribution is -2.23. The van der Waals surface area contributed by atoms with E-state index in [0.717, 1.165) is 27.8 Å². The highest BCUT2D eigenvalue weighted by molar-refractivity contribution is 6.05. The number of carbonyl (C=O) groups excluding carboxylic acids is 2. The van der Waals surface area contributed by atoms with E-state index < -0.39 is 0 Å². The molecule has 0 radical (unpaired) electrons. The highest BCUT2D eigenvalue weighted by Gasteiger charge is 2.27. The van der Waals surface area contributed by atoms with Crippen molar-refractivity contribution in [1.82, 2.24) is 9.88 Å². The Balaban J connectivity index is 1.27. The molecule has 2 amide bonds. The van der Waals surface area contributed by atoms with Gasteiger partial charge < -0.3 is 16.0 Å². The van der Waals surface area contributed by atoms with Gasteiger partial charge in [-0.2, -0.15) is 0 Å². The normalized spacial score (nSPS) is 12.5. The van der Waals surface area contributed by atoms with E-state index in [4.69, 9.17) is 5.73 Å². The first-order valence-electron chi connectivity index (χ1n) is 10.7. The number of pyridine rings is 1. The van der Waals surface area contributed by atoms with E-state index in [1.54, 1.807) is 30.5 Å². The van der Waals surface area contributed by atoms with Crippen LogP contribution in [-0.4, -0.2) is 21.7 Å². The van der Waals surface area contributed by atoms with E-state index in [1.165, 1.54) is 0 Å². The van der Waals surface area contributed by atoms with E-state index in [-0.39, 0.29) is 11.8 Å². The van der Waals surface area contributed by atoms with E-state index in [9.17, 15) is 9.59 Å². The number of anilines is 2. The fraction of sp³-hybridized carbons (Fsp3) is 0.0741. The Morgan fingerprint density at radius 3 is 2.55 bits per heavy atom. The molecule has 3 aromatic carbocycles. The van der Waals surface area contributed by atoms with Crippen molar-refractivity contribution in [3.63, 3.8) is 0 Å². The standard InChI is InChI=1S/C27H22N4O2/c28-24-5-1-2-6-25(24)30-26(32)19-9-7-18(8-10-19)16-31-17-22-14-20(11-12-23(22)27(31)33)21-4-3-13-29-15-21/h1-15H,16-17,28H2,(H,30,32). The molecule has 3 N–H and O–H groups in total. The molecule has 0 saturated carbocycles. The third kappa shape index (κ3) is 4.19. The predicted molar refractivity (Wildman–Crippen MR) is 129 cm³/mol. The molecule has 33 heavy (non-hydrogen) atoms. The first-order valence-corrected chi connectivity index (χ1v) is 10.7. The highest BCUT2D eigenvalue weighted by Crippen LogP contribution is 2.29. The first kappa shape index (κ1) is 20.5. The summed E-state index contributed by atoms with van der Waals surface area (Å²) < 4.78 is 0. The van der Waals surface area contributed by atoms with Crippen LogP contribution in [0.15, 0.2) is 91.3 Å². The molecule has 0 aliphatic carbocycles. The molecule has 6 nitrogen and oxygen atoms in total. The molecule has 1 aliphatic heterocycles. The number of hydrogen-bond acceptors (Lipinski definition) is 4. The number of nitrogens with two attached hydrogens (primary N) is 1. The summed E-state index contributed by atoms with van der Waals surface area (Å²) in [6.07, 6.45) is 3.56. The van der Waals surface area contributed by atoms with Crippen molar-refractivity contribution in [1.29, 1.82) is 0 Å². The molecule has 2 heterocycles.